The highest BCUT2D eigenvalue weighted by Gasteiger charge is 2.13. The van der Waals surface area contributed by atoms with Crippen molar-refractivity contribution >= 4 is 5.96 Å². The third kappa shape index (κ3) is 11.2. The number of rotatable bonds is 13. The van der Waals surface area contributed by atoms with Crippen molar-refractivity contribution in [1.82, 2.24) is 10.6 Å². The fourth-order valence-electron chi connectivity index (χ4n) is 3.14. The van der Waals surface area contributed by atoms with Gasteiger partial charge in [-0.25, -0.2) is 0 Å². The maximum Gasteiger partial charge on any atom is 0.191 e. The molecule has 1 heterocycles. The summed E-state index contributed by atoms with van der Waals surface area (Å²) in [7, 11) is 0. The van der Waals surface area contributed by atoms with Crippen LogP contribution >= 0.6 is 0 Å². The van der Waals surface area contributed by atoms with Gasteiger partial charge in [0, 0.05) is 46.1 Å². The quantitative estimate of drug-likeness (QED) is 0.300. The summed E-state index contributed by atoms with van der Waals surface area (Å²) in [6.07, 6.45) is 3.23. The molecule has 0 bridgehead atoms. The van der Waals surface area contributed by atoms with Gasteiger partial charge < -0.3 is 24.8 Å². The van der Waals surface area contributed by atoms with Crippen molar-refractivity contribution in [2.45, 2.75) is 39.7 Å². The zero-order chi connectivity index (χ0) is 20.6. The van der Waals surface area contributed by atoms with E-state index in [1.165, 1.54) is 5.56 Å². The summed E-state index contributed by atoms with van der Waals surface area (Å²) in [5, 5.41) is 6.70. The Labute approximate surface area is 176 Å². The number of guanidine groups is 1. The lowest BCUT2D eigenvalue weighted by Crippen LogP contribution is -2.38. The largest absolute Gasteiger partial charge is 0.381 e. The van der Waals surface area contributed by atoms with E-state index in [0.29, 0.717) is 25.0 Å². The molecule has 2 rings (SSSR count). The van der Waals surface area contributed by atoms with Crippen LogP contribution in [-0.2, 0) is 20.8 Å². The van der Waals surface area contributed by atoms with Crippen LogP contribution in [-0.4, -0.2) is 58.6 Å². The van der Waals surface area contributed by atoms with Gasteiger partial charge >= 0.3 is 0 Å². The van der Waals surface area contributed by atoms with Crippen LogP contribution in [0, 0.1) is 11.8 Å². The van der Waals surface area contributed by atoms with Crippen molar-refractivity contribution in [3.05, 3.63) is 35.9 Å². The predicted molar refractivity (Wildman–Crippen MR) is 118 cm³/mol. The summed E-state index contributed by atoms with van der Waals surface area (Å²) >= 11 is 0. The Morgan fingerprint density at radius 3 is 2.72 bits per heavy atom. The molecule has 1 saturated heterocycles. The monoisotopic (exact) mass is 405 g/mol. The van der Waals surface area contributed by atoms with Gasteiger partial charge in [-0.05, 0) is 43.6 Å². The molecule has 1 fully saturated rings. The number of hydrogen-bond donors (Lipinski definition) is 2. The first kappa shape index (κ1) is 23.6. The van der Waals surface area contributed by atoms with Gasteiger partial charge in [-0.2, -0.15) is 0 Å². The normalized spacial score (nSPS) is 16.6. The molecular weight excluding hydrogens is 366 g/mol. The topological polar surface area (TPSA) is 64.1 Å². The van der Waals surface area contributed by atoms with Crippen molar-refractivity contribution in [3.8, 4) is 0 Å². The van der Waals surface area contributed by atoms with Crippen LogP contribution in [0.3, 0.4) is 0 Å². The molecule has 164 valence electrons. The van der Waals surface area contributed by atoms with Crippen molar-refractivity contribution < 1.29 is 14.2 Å². The number of aliphatic imine (C=N–C) groups is 1. The zero-order valence-electron chi connectivity index (χ0n) is 18.2. The highest BCUT2D eigenvalue weighted by molar-refractivity contribution is 5.79. The summed E-state index contributed by atoms with van der Waals surface area (Å²) in [5.41, 5.74) is 1.21. The Morgan fingerprint density at radius 1 is 1.17 bits per heavy atom. The fourth-order valence-corrected chi connectivity index (χ4v) is 3.14. The van der Waals surface area contributed by atoms with Crippen LogP contribution in [0.2, 0.25) is 0 Å². The Kier molecular flexibility index (Phi) is 12.4. The van der Waals surface area contributed by atoms with Gasteiger partial charge in [-0.3, -0.25) is 4.99 Å². The van der Waals surface area contributed by atoms with Gasteiger partial charge in [0.25, 0.3) is 0 Å². The molecule has 0 radical (unpaired) electrons. The van der Waals surface area contributed by atoms with Crippen LogP contribution in [0.5, 0.6) is 0 Å². The van der Waals surface area contributed by atoms with Crippen LogP contribution in [0.25, 0.3) is 0 Å². The number of nitrogens with zero attached hydrogens (tertiary/aromatic N) is 1. The van der Waals surface area contributed by atoms with Crippen LogP contribution in [0.4, 0.5) is 0 Å². The molecule has 6 heteroatoms. The summed E-state index contributed by atoms with van der Waals surface area (Å²) in [5.74, 6) is 1.91. The molecule has 0 saturated carbocycles. The van der Waals surface area contributed by atoms with E-state index in [4.69, 9.17) is 14.2 Å². The molecular formula is C23H39N3O3. The van der Waals surface area contributed by atoms with E-state index >= 15 is 0 Å². The maximum absolute atomic E-state index is 5.82. The minimum atomic E-state index is 0.372. The molecule has 0 aromatic heterocycles. The standard InChI is InChI=1S/C23H39N3O3/c1-3-24-23(25-12-7-13-28-18-22-10-14-27-15-11-22)26-16-20(2)17-29-19-21-8-5-4-6-9-21/h4-6,8-9,20,22H,3,7,10-19H2,1-2H3,(H2,24,25,26). The van der Waals surface area contributed by atoms with Gasteiger partial charge in [-0.1, -0.05) is 37.3 Å². The smallest absolute Gasteiger partial charge is 0.191 e. The van der Waals surface area contributed by atoms with Crippen molar-refractivity contribution in [1.29, 1.82) is 0 Å². The lowest BCUT2D eigenvalue weighted by atomic mass is 10.0. The number of nitrogens with one attached hydrogen (secondary N) is 2. The van der Waals surface area contributed by atoms with Gasteiger partial charge in [0.2, 0.25) is 0 Å². The Balaban J connectivity index is 1.54. The van der Waals surface area contributed by atoms with Crippen LogP contribution in [0.15, 0.2) is 35.3 Å². The average Bonchev–Trinajstić information content (AvgIpc) is 2.76. The summed E-state index contributed by atoms with van der Waals surface area (Å²) in [4.78, 5) is 4.69. The minimum absolute atomic E-state index is 0.372. The molecule has 2 N–H and O–H groups in total. The molecule has 0 spiro atoms. The van der Waals surface area contributed by atoms with Crippen molar-refractivity contribution in [2.24, 2.45) is 16.8 Å². The molecule has 1 aliphatic heterocycles. The fraction of sp³-hybridized carbons (Fsp3) is 0.696. The minimum Gasteiger partial charge on any atom is -0.381 e. The van der Waals surface area contributed by atoms with Crippen LogP contribution in [0.1, 0.15) is 38.7 Å². The first-order chi connectivity index (χ1) is 14.3. The van der Waals surface area contributed by atoms with Gasteiger partial charge in [0.1, 0.15) is 0 Å². The van der Waals surface area contributed by atoms with E-state index < -0.39 is 0 Å². The molecule has 29 heavy (non-hydrogen) atoms. The Hall–Kier alpha value is -1.63. The van der Waals surface area contributed by atoms with Crippen molar-refractivity contribution in [3.63, 3.8) is 0 Å². The Bertz CT molecular complexity index is 548. The first-order valence-corrected chi connectivity index (χ1v) is 11.1. The van der Waals surface area contributed by atoms with E-state index in [-0.39, 0.29) is 0 Å². The van der Waals surface area contributed by atoms with Crippen molar-refractivity contribution in [2.75, 3.05) is 52.7 Å². The zero-order valence-corrected chi connectivity index (χ0v) is 18.2. The van der Waals surface area contributed by atoms with Gasteiger partial charge in [0.15, 0.2) is 5.96 Å². The van der Waals surface area contributed by atoms with E-state index in [9.17, 15) is 0 Å². The lowest BCUT2D eigenvalue weighted by Gasteiger charge is -2.21. The van der Waals surface area contributed by atoms with E-state index in [1.807, 2.05) is 18.2 Å². The van der Waals surface area contributed by atoms with Crippen LogP contribution < -0.4 is 10.6 Å². The first-order valence-electron chi connectivity index (χ1n) is 11.1. The second-order valence-electron chi connectivity index (χ2n) is 7.74. The summed E-state index contributed by atoms with van der Waals surface area (Å²) in [6, 6.07) is 10.3. The second kappa shape index (κ2) is 15.2. The molecule has 6 nitrogen and oxygen atoms in total. The van der Waals surface area contributed by atoms with E-state index in [0.717, 1.165) is 71.3 Å². The second-order valence-corrected chi connectivity index (χ2v) is 7.74. The molecule has 1 unspecified atom stereocenters. The molecule has 0 aliphatic carbocycles. The average molecular weight is 406 g/mol. The molecule has 1 aromatic carbocycles. The highest BCUT2D eigenvalue weighted by atomic mass is 16.5. The highest BCUT2D eigenvalue weighted by Crippen LogP contribution is 2.14. The molecule has 1 aliphatic rings. The summed E-state index contributed by atoms with van der Waals surface area (Å²) in [6.45, 7) is 11.5. The molecule has 1 aromatic rings. The maximum atomic E-state index is 5.82. The number of hydrogen-bond acceptors (Lipinski definition) is 4. The molecule has 0 amide bonds. The van der Waals surface area contributed by atoms with E-state index in [1.54, 1.807) is 0 Å². The summed E-state index contributed by atoms with van der Waals surface area (Å²) < 4.78 is 17.0. The van der Waals surface area contributed by atoms with E-state index in [2.05, 4.69) is 41.6 Å². The third-order valence-corrected chi connectivity index (χ3v) is 4.87. The van der Waals surface area contributed by atoms with Gasteiger partial charge in [-0.15, -0.1) is 0 Å². The molecule has 1 atom stereocenters. The Morgan fingerprint density at radius 2 is 1.97 bits per heavy atom. The number of benzene rings is 1. The predicted octanol–water partition coefficient (Wildman–Crippen LogP) is 3.23. The van der Waals surface area contributed by atoms with Gasteiger partial charge in [0.05, 0.1) is 13.2 Å². The lowest BCUT2D eigenvalue weighted by molar-refractivity contribution is 0.0203. The number of ether oxygens (including phenoxy) is 3. The SMILES string of the molecule is CCNC(=NCC(C)COCc1ccccc1)NCCCOCC1CCOCC1. The third-order valence-electron chi connectivity index (χ3n) is 4.87.